The number of hydrogen-bond acceptors (Lipinski definition) is 3. The zero-order valence-corrected chi connectivity index (χ0v) is 10.5. The van der Waals surface area contributed by atoms with Crippen molar-refractivity contribution in [3.05, 3.63) is 29.8 Å². The van der Waals surface area contributed by atoms with Crippen LogP contribution in [0.15, 0.2) is 18.5 Å². The minimum atomic E-state index is -0.817. The third kappa shape index (κ3) is 2.97. The van der Waals surface area contributed by atoms with E-state index in [-0.39, 0.29) is 10.6 Å². The smallest absolute Gasteiger partial charge is 0.255 e. The second kappa shape index (κ2) is 5.18. The lowest BCUT2D eigenvalue weighted by molar-refractivity contribution is 0.0922. The van der Waals surface area contributed by atoms with E-state index in [0.717, 1.165) is 6.20 Å². The summed E-state index contributed by atoms with van der Waals surface area (Å²) >= 11 is 4.89. The molecule has 1 atom stereocenters. The quantitative estimate of drug-likeness (QED) is 0.798. The van der Waals surface area contributed by atoms with Gasteiger partial charge in [0.05, 0.1) is 22.3 Å². The molecule has 0 bridgehead atoms. The third-order valence-electron chi connectivity index (χ3n) is 2.66. The number of pyridine rings is 1. The molecule has 1 aromatic rings. The fourth-order valence-electron chi connectivity index (χ4n) is 1.20. The SMILES string of the molecule is CCC(C)(NC(=O)c1ccncc1F)C(N)=S. The molecule has 4 nitrogen and oxygen atoms in total. The van der Waals surface area contributed by atoms with Crippen molar-refractivity contribution in [3.63, 3.8) is 0 Å². The van der Waals surface area contributed by atoms with Crippen LogP contribution in [0.4, 0.5) is 4.39 Å². The number of hydrogen-bond donors (Lipinski definition) is 2. The number of nitrogens with two attached hydrogens (primary N) is 1. The van der Waals surface area contributed by atoms with E-state index < -0.39 is 17.3 Å². The lowest BCUT2D eigenvalue weighted by atomic mass is 9.98. The highest BCUT2D eigenvalue weighted by molar-refractivity contribution is 7.80. The van der Waals surface area contributed by atoms with E-state index in [1.165, 1.54) is 12.3 Å². The summed E-state index contributed by atoms with van der Waals surface area (Å²) in [5.41, 5.74) is 4.67. The van der Waals surface area contributed by atoms with Gasteiger partial charge in [0.1, 0.15) is 0 Å². The molecule has 1 unspecified atom stereocenters. The molecule has 17 heavy (non-hydrogen) atoms. The zero-order chi connectivity index (χ0) is 13.1. The molecule has 1 amide bonds. The van der Waals surface area contributed by atoms with Gasteiger partial charge >= 0.3 is 0 Å². The molecular formula is C11H14FN3OS. The van der Waals surface area contributed by atoms with E-state index in [1.807, 2.05) is 6.92 Å². The van der Waals surface area contributed by atoms with Gasteiger partial charge in [-0.25, -0.2) is 4.39 Å². The number of aromatic nitrogens is 1. The van der Waals surface area contributed by atoms with Crippen molar-refractivity contribution in [2.75, 3.05) is 0 Å². The normalized spacial score (nSPS) is 13.8. The summed E-state index contributed by atoms with van der Waals surface area (Å²) in [6.07, 6.45) is 2.86. The van der Waals surface area contributed by atoms with Gasteiger partial charge in [0.2, 0.25) is 0 Å². The van der Waals surface area contributed by atoms with Gasteiger partial charge in [-0.05, 0) is 19.4 Å². The molecule has 0 saturated heterocycles. The van der Waals surface area contributed by atoms with Gasteiger partial charge < -0.3 is 11.1 Å². The Balaban J connectivity index is 2.93. The Kier molecular flexibility index (Phi) is 4.11. The van der Waals surface area contributed by atoms with Crippen molar-refractivity contribution in [3.8, 4) is 0 Å². The summed E-state index contributed by atoms with van der Waals surface area (Å²) in [6, 6.07) is 1.31. The molecule has 0 aliphatic heterocycles. The molecule has 92 valence electrons. The van der Waals surface area contributed by atoms with Crippen LogP contribution in [0.5, 0.6) is 0 Å². The van der Waals surface area contributed by atoms with Crippen LogP contribution in [0.1, 0.15) is 30.6 Å². The minimum Gasteiger partial charge on any atom is -0.391 e. The van der Waals surface area contributed by atoms with Gasteiger partial charge in [0.25, 0.3) is 5.91 Å². The second-order valence-electron chi connectivity index (χ2n) is 3.86. The van der Waals surface area contributed by atoms with E-state index in [9.17, 15) is 9.18 Å². The molecule has 1 rings (SSSR count). The Bertz CT molecular complexity index is 452. The van der Waals surface area contributed by atoms with E-state index in [2.05, 4.69) is 10.3 Å². The number of amides is 1. The van der Waals surface area contributed by atoms with Crippen molar-refractivity contribution < 1.29 is 9.18 Å². The van der Waals surface area contributed by atoms with Gasteiger partial charge in [-0.1, -0.05) is 19.1 Å². The maximum Gasteiger partial charge on any atom is 0.255 e. The predicted molar refractivity (Wildman–Crippen MR) is 67.1 cm³/mol. The second-order valence-corrected chi connectivity index (χ2v) is 4.30. The van der Waals surface area contributed by atoms with Crippen molar-refractivity contribution in [2.24, 2.45) is 5.73 Å². The van der Waals surface area contributed by atoms with Crippen LogP contribution >= 0.6 is 12.2 Å². The third-order valence-corrected chi connectivity index (χ3v) is 3.11. The molecule has 0 aromatic carbocycles. The van der Waals surface area contributed by atoms with Gasteiger partial charge in [-0.15, -0.1) is 0 Å². The molecule has 0 fully saturated rings. The van der Waals surface area contributed by atoms with E-state index in [1.54, 1.807) is 6.92 Å². The van der Waals surface area contributed by atoms with Crippen LogP contribution in [0.3, 0.4) is 0 Å². The van der Waals surface area contributed by atoms with Crippen LogP contribution in [-0.4, -0.2) is 21.4 Å². The summed E-state index contributed by atoms with van der Waals surface area (Å²) in [6.45, 7) is 3.54. The largest absolute Gasteiger partial charge is 0.391 e. The Hall–Kier alpha value is -1.56. The fraction of sp³-hybridized carbons (Fsp3) is 0.364. The summed E-state index contributed by atoms with van der Waals surface area (Å²) < 4.78 is 13.3. The summed E-state index contributed by atoms with van der Waals surface area (Å²) in [5, 5.41) is 2.63. The lowest BCUT2D eigenvalue weighted by Crippen LogP contribution is -2.54. The molecule has 3 N–H and O–H groups in total. The topological polar surface area (TPSA) is 68.0 Å². The molecule has 0 saturated carbocycles. The van der Waals surface area contributed by atoms with Crippen LogP contribution < -0.4 is 11.1 Å². The van der Waals surface area contributed by atoms with Crippen LogP contribution in [0, 0.1) is 5.82 Å². The highest BCUT2D eigenvalue weighted by Crippen LogP contribution is 2.12. The Morgan fingerprint density at radius 3 is 2.82 bits per heavy atom. The molecule has 0 spiro atoms. The number of carbonyl (C=O) groups excluding carboxylic acids is 1. The molecule has 1 aromatic heterocycles. The molecule has 6 heteroatoms. The first kappa shape index (κ1) is 13.5. The first-order valence-electron chi connectivity index (χ1n) is 5.12. The van der Waals surface area contributed by atoms with Gasteiger partial charge in [-0.2, -0.15) is 0 Å². The summed E-state index contributed by atoms with van der Waals surface area (Å²) in [5.74, 6) is -1.23. The van der Waals surface area contributed by atoms with Gasteiger partial charge in [-0.3, -0.25) is 9.78 Å². The van der Waals surface area contributed by atoms with Crippen molar-refractivity contribution >= 4 is 23.1 Å². The number of halogens is 1. The van der Waals surface area contributed by atoms with E-state index >= 15 is 0 Å². The Morgan fingerprint density at radius 2 is 2.35 bits per heavy atom. The van der Waals surface area contributed by atoms with Gasteiger partial charge in [0.15, 0.2) is 5.82 Å². The Morgan fingerprint density at radius 1 is 1.71 bits per heavy atom. The molecular weight excluding hydrogens is 241 g/mol. The highest BCUT2D eigenvalue weighted by atomic mass is 32.1. The maximum atomic E-state index is 13.3. The van der Waals surface area contributed by atoms with Crippen LogP contribution in [-0.2, 0) is 0 Å². The van der Waals surface area contributed by atoms with Crippen molar-refractivity contribution in [1.82, 2.24) is 10.3 Å². The van der Waals surface area contributed by atoms with E-state index in [4.69, 9.17) is 18.0 Å². The standard InChI is InChI=1S/C11H14FN3OS/c1-3-11(2,10(13)17)15-9(16)7-4-5-14-6-8(7)12/h4-6H,3H2,1-2H3,(H2,13,17)(H,15,16). The first-order chi connectivity index (χ1) is 7.90. The number of nitrogens with one attached hydrogen (secondary N) is 1. The van der Waals surface area contributed by atoms with Crippen molar-refractivity contribution in [2.45, 2.75) is 25.8 Å². The number of thiocarbonyl (C=S) groups is 1. The molecule has 1 heterocycles. The minimum absolute atomic E-state index is 0.0732. The monoisotopic (exact) mass is 255 g/mol. The van der Waals surface area contributed by atoms with E-state index in [0.29, 0.717) is 6.42 Å². The summed E-state index contributed by atoms with van der Waals surface area (Å²) in [7, 11) is 0. The number of carbonyl (C=O) groups is 1. The maximum absolute atomic E-state index is 13.3. The fourth-order valence-corrected chi connectivity index (χ4v) is 1.40. The predicted octanol–water partition coefficient (Wildman–Crippen LogP) is 1.41. The summed E-state index contributed by atoms with van der Waals surface area (Å²) in [4.78, 5) is 15.6. The first-order valence-corrected chi connectivity index (χ1v) is 5.53. The van der Waals surface area contributed by atoms with Crippen molar-refractivity contribution in [1.29, 1.82) is 0 Å². The molecule has 0 radical (unpaired) electrons. The van der Waals surface area contributed by atoms with Crippen LogP contribution in [0.2, 0.25) is 0 Å². The average molecular weight is 255 g/mol. The molecule has 0 aliphatic rings. The highest BCUT2D eigenvalue weighted by Gasteiger charge is 2.28. The molecule has 0 aliphatic carbocycles. The Labute approximate surface area is 104 Å². The van der Waals surface area contributed by atoms with Gasteiger partial charge in [0, 0.05) is 6.20 Å². The zero-order valence-electron chi connectivity index (χ0n) is 9.66. The van der Waals surface area contributed by atoms with Crippen LogP contribution in [0.25, 0.3) is 0 Å². The average Bonchev–Trinajstić information content (AvgIpc) is 2.29. The lowest BCUT2D eigenvalue weighted by Gasteiger charge is -2.28. The number of nitrogens with zero attached hydrogens (tertiary/aromatic N) is 1. The number of rotatable bonds is 4.